The number of imidazole rings is 1. The van der Waals surface area contributed by atoms with E-state index in [1.54, 1.807) is 6.33 Å². The highest BCUT2D eigenvalue weighted by atomic mass is 35.5. The lowest BCUT2D eigenvalue weighted by atomic mass is 9.92. The zero-order valence-corrected chi connectivity index (χ0v) is 15.9. The molecular weight excluding hydrogens is 344 g/mol. The van der Waals surface area contributed by atoms with Crippen LogP contribution < -0.4 is 0 Å². The molecule has 4 nitrogen and oxygen atoms in total. The number of aromatic amines is 1. The topological polar surface area (TPSA) is 44.8 Å². The maximum Gasteiger partial charge on any atom is 0.0921 e. The van der Waals surface area contributed by atoms with Crippen molar-refractivity contribution in [1.29, 1.82) is 0 Å². The van der Waals surface area contributed by atoms with Crippen LogP contribution in [0.2, 0.25) is 5.02 Å². The molecule has 1 aromatic carbocycles. The highest BCUT2D eigenvalue weighted by Gasteiger charge is 2.16. The van der Waals surface area contributed by atoms with E-state index in [1.807, 2.05) is 30.6 Å². The van der Waals surface area contributed by atoms with Gasteiger partial charge in [-0.25, -0.2) is 4.98 Å². The molecule has 2 heterocycles. The van der Waals surface area contributed by atoms with E-state index in [0.29, 0.717) is 0 Å². The number of aromatic nitrogens is 3. The zero-order chi connectivity index (χ0) is 18.2. The Hall–Kier alpha value is -2.17. The Kier molecular flexibility index (Phi) is 6.81. The van der Waals surface area contributed by atoms with Crippen molar-refractivity contribution >= 4 is 11.6 Å². The predicted octanol–water partition coefficient (Wildman–Crippen LogP) is 4.54. The molecule has 0 saturated carbocycles. The minimum Gasteiger partial charge on any atom is -0.348 e. The maximum atomic E-state index is 6.06. The molecule has 5 heteroatoms. The summed E-state index contributed by atoms with van der Waals surface area (Å²) in [5.41, 5.74) is 3.57. The number of benzene rings is 1. The van der Waals surface area contributed by atoms with Gasteiger partial charge in [-0.3, -0.25) is 4.98 Å². The zero-order valence-electron chi connectivity index (χ0n) is 15.1. The van der Waals surface area contributed by atoms with E-state index in [-0.39, 0.29) is 5.92 Å². The summed E-state index contributed by atoms with van der Waals surface area (Å²) in [6.07, 6.45) is 8.69. The summed E-state index contributed by atoms with van der Waals surface area (Å²) in [7, 11) is 2.18. The summed E-state index contributed by atoms with van der Waals surface area (Å²) >= 11 is 6.06. The lowest BCUT2D eigenvalue weighted by Gasteiger charge is -2.22. The van der Waals surface area contributed by atoms with Crippen LogP contribution in [0.15, 0.2) is 61.2 Å². The SMILES string of the molecule is CN(CCCc1cnc[nH]1)CCC(c1ccc(Cl)cc1)c1ccccn1. The van der Waals surface area contributed by atoms with Gasteiger partial charge < -0.3 is 9.88 Å². The van der Waals surface area contributed by atoms with E-state index in [4.69, 9.17) is 11.6 Å². The summed E-state index contributed by atoms with van der Waals surface area (Å²) < 4.78 is 0. The summed E-state index contributed by atoms with van der Waals surface area (Å²) in [6.45, 7) is 2.08. The summed E-state index contributed by atoms with van der Waals surface area (Å²) in [5.74, 6) is 0.281. The second-order valence-electron chi connectivity index (χ2n) is 6.63. The van der Waals surface area contributed by atoms with Crippen LogP contribution in [0.5, 0.6) is 0 Å². The Morgan fingerprint density at radius 3 is 2.65 bits per heavy atom. The van der Waals surface area contributed by atoms with Gasteiger partial charge in [0.1, 0.15) is 0 Å². The standard InChI is InChI=1S/C21H25ClN4/c1-26(13-4-5-19-15-23-16-25-19)14-11-20(21-6-2-3-12-24-21)17-7-9-18(22)10-8-17/h2-3,6-10,12,15-16,20H,4-5,11,13-14H2,1H3,(H,23,25). The molecule has 0 fully saturated rings. The minimum atomic E-state index is 0.281. The highest BCUT2D eigenvalue weighted by molar-refractivity contribution is 6.30. The number of hydrogen-bond acceptors (Lipinski definition) is 3. The number of nitrogens with zero attached hydrogens (tertiary/aromatic N) is 3. The molecule has 2 aromatic heterocycles. The summed E-state index contributed by atoms with van der Waals surface area (Å²) in [6, 6.07) is 14.3. The molecule has 0 aliphatic rings. The molecule has 1 N–H and O–H groups in total. The fraction of sp³-hybridized carbons (Fsp3) is 0.333. The first-order valence-electron chi connectivity index (χ1n) is 9.04. The monoisotopic (exact) mass is 368 g/mol. The first kappa shape index (κ1) is 18.6. The van der Waals surface area contributed by atoms with E-state index < -0.39 is 0 Å². The second-order valence-corrected chi connectivity index (χ2v) is 7.07. The van der Waals surface area contributed by atoms with Crippen LogP contribution in [-0.4, -0.2) is 40.0 Å². The number of rotatable bonds is 9. The van der Waals surface area contributed by atoms with E-state index in [2.05, 4.69) is 51.2 Å². The van der Waals surface area contributed by atoms with Crippen LogP contribution in [0, 0.1) is 0 Å². The Bertz CT molecular complexity index is 756. The molecule has 0 spiro atoms. The van der Waals surface area contributed by atoms with E-state index >= 15 is 0 Å². The molecule has 1 unspecified atom stereocenters. The predicted molar refractivity (Wildman–Crippen MR) is 107 cm³/mol. The summed E-state index contributed by atoms with van der Waals surface area (Å²) in [4.78, 5) is 14.2. The number of pyridine rings is 1. The Morgan fingerprint density at radius 1 is 1.12 bits per heavy atom. The maximum absolute atomic E-state index is 6.06. The number of nitrogens with one attached hydrogen (secondary N) is 1. The second kappa shape index (κ2) is 9.51. The molecule has 0 amide bonds. The molecule has 0 bridgehead atoms. The van der Waals surface area contributed by atoms with E-state index in [9.17, 15) is 0 Å². The molecular formula is C21H25ClN4. The third-order valence-electron chi connectivity index (χ3n) is 4.66. The molecule has 0 aliphatic heterocycles. The fourth-order valence-electron chi connectivity index (χ4n) is 3.18. The third kappa shape index (κ3) is 5.41. The lowest BCUT2D eigenvalue weighted by molar-refractivity contribution is 0.318. The number of halogens is 1. The third-order valence-corrected chi connectivity index (χ3v) is 4.91. The van der Waals surface area contributed by atoms with Gasteiger partial charge in [-0.2, -0.15) is 0 Å². The van der Waals surface area contributed by atoms with Crippen molar-refractivity contribution < 1.29 is 0 Å². The Labute approximate surface area is 160 Å². The van der Waals surface area contributed by atoms with Crippen molar-refractivity contribution in [3.63, 3.8) is 0 Å². The van der Waals surface area contributed by atoms with Gasteiger partial charge in [0, 0.05) is 34.7 Å². The van der Waals surface area contributed by atoms with Gasteiger partial charge in [-0.05, 0) is 69.2 Å². The van der Waals surface area contributed by atoms with E-state index in [1.165, 1.54) is 11.3 Å². The van der Waals surface area contributed by atoms with Crippen LogP contribution in [0.3, 0.4) is 0 Å². The lowest BCUT2D eigenvalue weighted by Crippen LogP contribution is -2.23. The van der Waals surface area contributed by atoms with Gasteiger partial charge in [0.05, 0.1) is 6.33 Å². The first-order chi connectivity index (χ1) is 12.7. The molecule has 26 heavy (non-hydrogen) atoms. The molecule has 3 rings (SSSR count). The van der Waals surface area contributed by atoms with Crippen LogP contribution in [-0.2, 0) is 6.42 Å². The molecule has 136 valence electrons. The number of aryl methyl sites for hydroxylation is 1. The van der Waals surface area contributed by atoms with Gasteiger partial charge in [0.15, 0.2) is 0 Å². The smallest absolute Gasteiger partial charge is 0.0921 e. The van der Waals surface area contributed by atoms with E-state index in [0.717, 1.165) is 43.1 Å². The quantitative estimate of drug-likeness (QED) is 0.602. The fourth-order valence-corrected chi connectivity index (χ4v) is 3.31. The molecule has 0 radical (unpaired) electrons. The van der Waals surface area contributed by atoms with Gasteiger partial charge in [0.25, 0.3) is 0 Å². The Balaban J connectivity index is 1.58. The van der Waals surface area contributed by atoms with Gasteiger partial charge in [0.2, 0.25) is 0 Å². The van der Waals surface area contributed by atoms with Crippen molar-refractivity contribution in [3.05, 3.63) is 83.2 Å². The average Bonchev–Trinajstić information content (AvgIpc) is 3.18. The van der Waals surface area contributed by atoms with Crippen molar-refractivity contribution in [1.82, 2.24) is 19.9 Å². The van der Waals surface area contributed by atoms with Crippen LogP contribution >= 0.6 is 11.6 Å². The average molecular weight is 369 g/mol. The Morgan fingerprint density at radius 2 is 1.96 bits per heavy atom. The molecule has 0 aliphatic carbocycles. The van der Waals surface area contributed by atoms with Gasteiger partial charge >= 0.3 is 0 Å². The van der Waals surface area contributed by atoms with Gasteiger partial charge in [-0.15, -0.1) is 0 Å². The summed E-state index contributed by atoms with van der Waals surface area (Å²) in [5, 5.41) is 0.768. The first-order valence-corrected chi connectivity index (χ1v) is 9.42. The largest absolute Gasteiger partial charge is 0.348 e. The molecule has 0 saturated heterocycles. The number of H-pyrrole nitrogens is 1. The van der Waals surface area contributed by atoms with Crippen molar-refractivity contribution in [3.8, 4) is 0 Å². The van der Waals surface area contributed by atoms with Crippen molar-refractivity contribution in [2.24, 2.45) is 0 Å². The van der Waals surface area contributed by atoms with Crippen LogP contribution in [0.25, 0.3) is 0 Å². The van der Waals surface area contributed by atoms with Crippen molar-refractivity contribution in [2.75, 3.05) is 20.1 Å². The van der Waals surface area contributed by atoms with Gasteiger partial charge in [-0.1, -0.05) is 29.8 Å². The van der Waals surface area contributed by atoms with Crippen molar-refractivity contribution in [2.45, 2.75) is 25.2 Å². The highest BCUT2D eigenvalue weighted by Crippen LogP contribution is 2.27. The molecule has 1 atom stereocenters. The normalized spacial score (nSPS) is 12.4. The number of hydrogen-bond donors (Lipinski definition) is 1. The van der Waals surface area contributed by atoms with Crippen LogP contribution in [0.1, 0.15) is 35.7 Å². The minimum absolute atomic E-state index is 0.281. The molecule has 3 aromatic rings. The van der Waals surface area contributed by atoms with Crippen LogP contribution in [0.4, 0.5) is 0 Å².